The number of rotatable bonds is 29. The predicted octanol–water partition coefficient (Wildman–Crippen LogP) is 1.98. The van der Waals surface area contributed by atoms with Crippen LogP contribution in [0.2, 0.25) is 0 Å². The zero-order valence-corrected chi connectivity index (χ0v) is 49.1. The second-order valence-electron chi connectivity index (χ2n) is 21.2. The Kier molecular flexibility index (Phi) is 19.9. The summed E-state index contributed by atoms with van der Waals surface area (Å²) in [5.74, 6) is -4.22. The number of anilines is 6. The van der Waals surface area contributed by atoms with Gasteiger partial charge in [0.1, 0.15) is 28.7 Å². The van der Waals surface area contributed by atoms with Crippen LogP contribution < -0.4 is 53.2 Å². The van der Waals surface area contributed by atoms with Crippen molar-refractivity contribution in [2.45, 2.75) is 58.4 Å². The van der Waals surface area contributed by atoms with E-state index in [1.165, 1.54) is 56.7 Å². The zero-order chi connectivity index (χ0) is 62.5. The molecule has 7 heterocycles. The molecular formula is C55H70N22O10. The van der Waals surface area contributed by atoms with Crippen molar-refractivity contribution in [2.24, 2.45) is 33.6 Å². The maximum Gasteiger partial charge on any atom is 0.291 e. The van der Waals surface area contributed by atoms with Gasteiger partial charge in [-0.15, -0.1) is 0 Å². The molecule has 10 amide bonds. The lowest BCUT2D eigenvalue weighted by Crippen LogP contribution is -2.33. The molecule has 0 unspecified atom stereocenters. The van der Waals surface area contributed by atoms with Crippen LogP contribution in [0.4, 0.5) is 34.5 Å². The number of unbranched alkanes of at least 4 members (excludes halogenated alkanes) is 1. The Morgan fingerprint density at radius 1 is 0.540 bits per heavy atom. The Bertz CT molecular complexity index is 3710. The minimum Gasteiger partial charge on any atom is -0.350 e. The first-order valence-electron chi connectivity index (χ1n) is 27.8. The second kappa shape index (κ2) is 27.8. The Morgan fingerprint density at radius 2 is 1.09 bits per heavy atom. The summed E-state index contributed by atoms with van der Waals surface area (Å²) >= 11 is 0. The smallest absolute Gasteiger partial charge is 0.291 e. The van der Waals surface area contributed by atoms with Gasteiger partial charge in [0.15, 0.2) is 23.3 Å². The van der Waals surface area contributed by atoms with Gasteiger partial charge in [-0.05, 0) is 76.9 Å². The number of aromatic amines is 2. The lowest BCUT2D eigenvalue weighted by atomic mass is 10.0. The SMILES string of the molecule is CCn1cc(NC(=O)c2nc(NC(=O)CCNC(=O)c3cc(NC(=O)c4nccn4C)cn3C)cn2C)cc1C(=O)NCC1(CC(=O)Nc2cnc(C(=O)NCCC(=O)Nc3cc(C(=O)Nc4cnc(C(=O)NCCCCN(C)C)[nH]4)n(C)c3)[nH]2)CC1. The first kappa shape index (κ1) is 62.4. The highest BCUT2D eigenvalue weighted by atomic mass is 16.2. The van der Waals surface area contributed by atoms with Gasteiger partial charge in [-0.1, -0.05) is 0 Å². The summed E-state index contributed by atoms with van der Waals surface area (Å²) in [6.07, 6.45) is 14.8. The standard InChI is InChI=1S/C55H70N22O10/c1-8-77-29-34(65-54(87)47-70-40(30-76(47)7)67-42(79)12-16-58-48(81)35-22-33(28-74(35)5)64-53(86)46-56-18-20-73(46)4)23-37(77)49(82)62-31-55(13-14-55)24-43(80)66-38-25-60-45(68-38)52(85)59-17-11-41(78)63-32-21-36(75(6)27-32)50(83)71-39-26-61-44(69-39)51(84)57-15-9-10-19-72(2)3/h18,20-23,25-30H,8-17,19,24,31H2,1-7H3,(H,57,84)(H,58,81)(H,59,85)(H,60,68)(H,61,69)(H,62,82)(H,63,78)(H,64,86)(H,65,87)(H,66,80)(H,67,79)(H,71,83). The van der Waals surface area contributed by atoms with Gasteiger partial charge in [0.05, 0.1) is 29.5 Å². The van der Waals surface area contributed by atoms with Crippen LogP contribution in [0.15, 0.2) is 67.8 Å². The van der Waals surface area contributed by atoms with Gasteiger partial charge in [0, 0.05) is 117 Å². The summed E-state index contributed by atoms with van der Waals surface area (Å²) in [6.45, 7) is 3.71. The topological polar surface area (TPSA) is 402 Å². The van der Waals surface area contributed by atoms with Gasteiger partial charge >= 0.3 is 0 Å². The molecule has 0 spiro atoms. The highest BCUT2D eigenvalue weighted by Gasteiger charge is 2.44. The van der Waals surface area contributed by atoms with Crippen LogP contribution in [-0.2, 0) is 49.1 Å². The third-order valence-electron chi connectivity index (χ3n) is 13.9. The third-order valence-corrected chi connectivity index (χ3v) is 13.9. The molecule has 460 valence electrons. The minimum atomic E-state index is -0.625. The molecule has 0 saturated heterocycles. The number of hydrogen-bond donors (Lipinski definition) is 12. The van der Waals surface area contributed by atoms with Crippen LogP contribution in [0.5, 0.6) is 0 Å². The molecule has 0 bridgehead atoms. The molecule has 32 nitrogen and oxygen atoms in total. The Hall–Kier alpha value is -10.7. The molecule has 87 heavy (non-hydrogen) atoms. The largest absolute Gasteiger partial charge is 0.350 e. The Labute approximate surface area is 497 Å². The molecule has 7 aromatic rings. The summed E-state index contributed by atoms with van der Waals surface area (Å²) in [5, 5.41) is 27.2. The third kappa shape index (κ3) is 16.8. The molecule has 0 aromatic carbocycles. The van der Waals surface area contributed by atoms with Crippen molar-refractivity contribution in [3.05, 3.63) is 108 Å². The molecule has 1 aliphatic carbocycles. The van der Waals surface area contributed by atoms with Crippen molar-refractivity contribution in [1.82, 2.24) is 78.9 Å². The predicted molar refractivity (Wildman–Crippen MR) is 317 cm³/mol. The van der Waals surface area contributed by atoms with E-state index in [0.29, 0.717) is 43.0 Å². The summed E-state index contributed by atoms with van der Waals surface area (Å²) in [4.78, 5) is 154. The average Bonchev–Trinajstić information content (AvgIpc) is 3.35. The zero-order valence-electron chi connectivity index (χ0n) is 49.1. The fourth-order valence-corrected chi connectivity index (χ4v) is 9.14. The number of nitrogens with zero attached hydrogens (tertiary/aromatic N) is 10. The van der Waals surface area contributed by atoms with Gasteiger partial charge in [-0.25, -0.2) is 19.9 Å². The van der Waals surface area contributed by atoms with Gasteiger partial charge < -0.3 is 90.9 Å². The van der Waals surface area contributed by atoms with Crippen molar-refractivity contribution in [2.75, 3.05) is 78.7 Å². The Balaban J connectivity index is 0.718. The molecule has 1 saturated carbocycles. The fraction of sp³-hybridized carbons (Fsp3) is 0.382. The van der Waals surface area contributed by atoms with Crippen molar-refractivity contribution in [1.29, 1.82) is 0 Å². The van der Waals surface area contributed by atoms with Crippen LogP contribution in [0.3, 0.4) is 0 Å². The number of imidazole rings is 4. The number of aryl methyl sites for hydroxylation is 5. The van der Waals surface area contributed by atoms with Crippen molar-refractivity contribution >= 4 is 93.6 Å². The van der Waals surface area contributed by atoms with E-state index < -0.39 is 58.6 Å². The molecule has 8 rings (SSSR count). The second-order valence-corrected chi connectivity index (χ2v) is 21.2. The maximum absolute atomic E-state index is 13.5. The van der Waals surface area contributed by atoms with E-state index in [0.717, 1.165) is 19.4 Å². The van der Waals surface area contributed by atoms with Crippen molar-refractivity contribution in [3.63, 3.8) is 0 Å². The fourth-order valence-electron chi connectivity index (χ4n) is 9.14. The highest BCUT2D eigenvalue weighted by Crippen LogP contribution is 2.48. The van der Waals surface area contributed by atoms with E-state index in [-0.39, 0.29) is 103 Å². The molecule has 7 aromatic heterocycles. The summed E-state index contributed by atoms with van der Waals surface area (Å²) in [7, 11) is 10.5. The number of carbonyl (C=O) groups is 10. The molecule has 0 atom stereocenters. The lowest BCUT2D eigenvalue weighted by Gasteiger charge is -2.16. The van der Waals surface area contributed by atoms with Gasteiger partial charge in [-0.3, -0.25) is 47.9 Å². The first-order valence-corrected chi connectivity index (χ1v) is 27.8. The number of nitrogens with one attached hydrogen (secondary N) is 12. The molecule has 1 fully saturated rings. The van der Waals surface area contributed by atoms with Crippen LogP contribution in [0.25, 0.3) is 0 Å². The van der Waals surface area contributed by atoms with Crippen LogP contribution in [0, 0.1) is 5.41 Å². The molecule has 12 N–H and O–H groups in total. The summed E-state index contributed by atoms with van der Waals surface area (Å²) in [5.41, 5.74) is 1.23. The van der Waals surface area contributed by atoms with E-state index in [2.05, 4.69) is 88.0 Å². The van der Waals surface area contributed by atoms with Crippen LogP contribution in [0.1, 0.15) is 126 Å². The molecule has 1 aliphatic rings. The highest BCUT2D eigenvalue weighted by molar-refractivity contribution is 6.06. The Morgan fingerprint density at radius 3 is 1.70 bits per heavy atom. The molecule has 0 radical (unpaired) electrons. The lowest BCUT2D eigenvalue weighted by molar-refractivity contribution is -0.117. The van der Waals surface area contributed by atoms with E-state index in [4.69, 9.17) is 0 Å². The van der Waals surface area contributed by atoms with Crippen LogP contribution >= 0.6 is 0 Å². The quantitative estimate of drug-likeness (QED) is 0.0298. The molecule has 32 heteroatoms. The number of carbonyl (C=O) groups excluding carboxylic acids is 10. The van der Waals surface area contributed by atoms with Crippen molar-refractivity contribution in [3.8, 4) is 0 Å². The first-order chi connectivity index (χ1) is 41.5. The van der Waals surface area contributed by atoms with Gasteiger partial charge in [0.25, 0.3) is 41.4 Å². The summed E-state index contributed by atoms with van der Waals surface area (Å²) in [6, 6.07) is 4.49. The summed E-state index contributed by atoms with van der Waals surface area (Å²) < 4.78 is 7.69. The van der Waals surface area contributed by atoms with Crippen molar-refractivity contribution < 1.29 is 47.9 Å². The monoisotopic (exact) mass is 1200 g/mol. The average molecular weight is 1200 g/mol. The van der Waals surface area contributed by atoms with Gasteiger partial charge in [0.2, 0.25) is 23.5 Å². The number of H-pyrrole nitrogens is 2. The maximum atomic E-state index is 13.5. The van der Waals surface area contributed by atoms with Gasteiger partial charge in [-0.2, -0.15) is 0 Å². The number of amides is 10. The number of hydrogen-bond acceptors (Lipinski definition) is 15. The van der Waals surface area contributed by atoms with E-state index in [1.807, 2.05) is 21.0 Å². The van der Waals surface area contributed by atoms with Crippen LogP contribution in [-0.4, -0.2) is 164 Å². The normalized spacial score (nSPS) is 12.2. The molecular weight excluding hydrogens is 1130 g/mol. The van der Waals surface area contributed by atoms with E-state index in [1.54, 1.807) is 62.1 Å². The van der Waals surface area contributed by atoms with E-state index in [9.17, 15) is 47.9 Å². The number of aromatic nitrogens is 11. The van der Waals surface area contributed by atoms with E-state index >= 15 is 0 Å². The minimum absolute atomic E-state index is 0.0246. The molecule has 0 aliphatic heterocycles.